The van der Waals surface area contributed by atoms with Crippen LogP contribution < -0.4 is 0 Å². The van der Waals surface area contributed by atoms with Crippen molar-refractivity contribution in [3.05, 3.63) is 0 Å². The molecule has 66 valence electrons. The Morgan fingerprint density at radius 1 is 1.00 bits per heavy atom. The van der Waals surface area contributed by atoms with E-state index in [4.69, 9.17) is 10.2 Å². The Balaban J connectivity index is -0.0000000233. The van der Waals surface area contributed by atoms with E-state index in [0.29, 0.717) is 0 Å². The molecule has 0 saturated heterocycles. The fourth-order valence-electron chi connectivity index (χ4n) is 0. The molecule has 0 rings (SSSR count). The first-order valence-corrected chi connectivity index (χ1v) is 3.74. The third kappa shape index (κ3) is 90.5. The van der Waals surface area contributed by atoms with Gasteiger partial charge >= 0.3 is 26.2 Å². The maximum absolute atomic E-state index is 7.62. The summed E-state index contributed by atoms with van der Waals surface area (Å²) in [7, 11) is 0. The predicted molar refractivity (Wildman–Crippen MR) is 46.5 cm³/mol. The molecule has 0 aromatic carbocycles. The van der Waals surface area contributed by atoms with Gasteiger partial charge in [-0.1, -0.05) is 0 Å². The molecular weight excluding hydrogens is 299 g/mol. The van der Waals surface area contributed by atoms with Crippen molar-refractivity contribution < 1.29 is 24.7 Å². The molecule has 0 amide bonds. The first kappa shape index (κ1) is 22.4. The van der Waals surface area contributed by atoms with E-state index in [1.807, 2.05) is 0 Å². The second kappa shape index (κ2) is 34.4. The Bertz CT molecular complexity index is 24.0. The quantitative estimate of drug-likeness (QED) is 0.716. The Kier molecular flexibility index (Phi) is 85.7. The number of aliphatic hydroxyl groups excluding tert-OH is 2. The van der Waals surface area contributed by atoms with Gasteiger partial charge in [-0.3, -0.25) is 0 Å². The number of aliphatic hydroxyl groups is 2. The van der Waals surface area contributed by atoms with Crippen LogP contribution >= 0.6 is 34.0 Å². The molecule has 0 spiro atoms. The average molecular weight is 313 g/mol. The van der Waals surface area contributed by atoms with Crippen molar-refractivity contribution in [2.24, 2.45) is 0 Å². The summed E-state index contributed by atoms with van der Waals surface area (Å²) >= 11 is 1.62. The van der Waals surface area contributed by atoms with Crippen LogP contribution in [0.15, 0.2) is 0 Å². The molecule has 2 N–H and O–H groups in total. The minimum absolute atomic E-state index is 0. The van der Waals surface area contributed by atoms with Gasteiger partial charge in [-0.2, -0.15) is 0 Å². The SMILES string of the molecule is Br.Br.OCCO.[CH3][Ni][CH3]. The van der Waals surface area contributed by atoms with Crippen LogP contribution in [0, 0.1) is 0 Å². The molecule has 0 aliphatic heterocycles. The van der Waals surface area contributed by atoms with Crippen LogP contribution in [0.3, 0.4) is 0 Å². The van der Waals surface area contributed by atoms with E-state index in [-0.39, 0.29) is 47.2 Å². The summed E-state index contributed by atoms with van der Waals surface area (Å²) < 4.78 is 0. The monoisotopic (exact) mass is 310 g/mol. The minimum atomic E-state index is -0.125. The number of halogens is 2. The zero-order valence-corrected chi connectivity index (χ0v) is 9.86. The third-order valence-electron chi connectivity index (χ3n) is 0.1000. The number of rotatable bonds is 1. The average Bonchev–Trinajstić information content (AvgIpc) is 1.69. The molecule has 0 aliphatic rings. The summed E-state index contributed by atoms with van der Waals surface area (Å²) in [5.74, 6) is 4.12. The van der Waals surface area contributed by atoms with E-state index < -0.39 is 0 Å². The van der Waals surface area contributed by atoms with E-state index in [2.05, 4.69) is 11.8 Å². The van der Waals surface area contributed by atoms with Crippen molar-refractivity contribution in [3.63, 3.8) is 0 Å². The van der Waals surface area contributed by atoms with E-state index in [1.54, 1.807) is 14.4 Å². The predicted octanol–water partition coefficient (Wildman–Crippen LogP) is 1.29. The molecule has 9 heavy (non-hydrogen) atoms. The fraction of sp³-hybridized carbons (Fsp3) is 1.00. The molecule has 0 unspecified atom stereocenters. The van der Waals surface area contributed by atoms with Gasteiger partial charge in [0.05, 0.1) is 13.2 Å². The van der Waals surface area contributed by atoms with Gasteiger partial charge < -0.3 is 10.2 Å². The summed E-state index contributed by atoms with van der Waals surface area (Å²) in [6.07, 6.45) is 0. The molecule has 0 aromatic heterocycles. The zero-order chi connectivity index (χ0) is 6.12. The van der Waals surface area contributed by atoms with Gasteiger partial charge in [0.15, 0.2) is 0 Å². The van der Waals surface area contributed by atoms with Crippen LogP contribution in [-0.2, 0) is 14.4 Å². The molecular formula is C4H14Br2NiO2. The van der Waals surface area contributed by atoms with Crippen LogP contribution in [0.4, 0.5) is 0 Å². The normalized spacial score (nSPS) is 5.78. The topological polar surface area (TPSA) is 40.5 Å². The van der Waals surface area contributed by atoms with Crippen LogP contribution in [0.5, 0.6) is 0 Å². The summed E-state index contributed by atoms with van der Waals surface area (Å²) in [5, 5.41) is 15.2. The molecule has 2 nitrogen and oxygen atoms in total. The molecule has 0 fully saturated rings. The van der Waals surface area contributed by atoms with Crippen molar-refractivity contribution in [2.45, 2.75) is 11.8 Å². The Morgan fingerprint density at radius 3 is 1.11 bits per heavy atom. The number of hydrogen-bond donors (Lipinski definition) is 2. The summed E-state index contributed by atoms with van der Waals surface area (Å²) in [4.78, 5) is 0. The molecule has 0 aliphatic carbocycles. The van der Waals surface area contributed by atoms with Crippen LogP contribution in [0.25, 0.3) is 0 Å². The summed E-state index contributed by atoms with van der Waals surface area (Å²) in [6.45, 7) is -0.250. The first-order chi connectivity index (χ1) is 3.33. The molecule has 0 saturated carbocycles. The zero-order valence-electron chi connectivity index (χ0n) is 5.44. The van der Waals surface area contributed by atoms with Crippen molar-refractivity contribution >= 4 is 34.0 Å². The van der Waals surface area contributed by atoms with Crippen LogP contribution in [0.2, 0.25) is 11.8 Å². The van der Waals surface area contributed by atoms with E-state index in [0.717, 1.165) is 0 Å². The molecule has 0 bridgehead atoms. The van der Waals surface area contributed by atoms with Gasteiger partial charge in [0.25, 0.3) is 0 Å². The Hall–Kier alpha value is 1.37. The second-order valence-corrected chi connectivity index (χ2v) is 1.75. The third-order valence-corrected chi connectivity index (χ3v) is 0.1000. The Labute approximate surface area is 83.4 Å². The summed E-state index contributed by atoms with van der Waals surface area (Å²) in [5.41, 5.74) is 0. The van der Waals surface area contributed by atoms with Gasteiger partial charge in [0.2, 0.25) is 0 Å². The van der Waals surface area contributed by atoms with Crippen molar-refractivity contribution in [1.29, 1.82) is 0 Å². The second-order valence-electron chi connectivity index (χ2n) is 0.763. The standard InChI is InChI=1S/C2H6O2.2CH3.2BrH.Ni/c3-1-2-4;;;;;/h3-4H,1-2H2;2*1H3;2*1H;. The van der Waals surface area contributed by atoms with Gasteiger partial charge in [-0.05, 0) is 0 Å². The number of hydrogen-bond acceptors (Lipinski definition) is 2. The van der Waals surface area contributed by atoms with E-state index in [9.17, 15) is 0 Å². The van der Waals surface area contributed by atoms with Gasteiger partial charge in [0, 0.05) is 0 Å². The van der Waals surface area contributed by atoms with Crippen molar-refractivity contribution in [3.8, 4) is 0 Å². The summed E-state index contributed by atoms with van der Waals surface area (Å²) in [6, 6.07) is 0. The van der Waals surface area contributed by atoms with Gasteiger partial charge in [0.1, 0.15) is 0 Å². The molecule has 5 heteroatoms. The Morgan fingerprint density at radius 2 is 1.11 bits per heavy atom. The molecule has 0 atom stereocenters. The first-order valence-electron chi connectivity index (χ1n) is 1.76. The van der Waals surface area contributed by atoms with Gasteiger partial charge in [-0.15, -0.1) is 34.0 Å². The van der Waals surface area contributed by atoms with Gasteiger partial charge in [-0.25, -0.2) is 0 Å². The molecule has 0 heterocycles. The molecule has 0 aromatic rings. The fourth-order valence-corrected chi connectivity index (χ4v) is 0. The molecule has 0 radical (unpaired) electrons. The van der Waals surface area contributed by atoms with Crippen LogP contribution in [0.1, 0.15) is 0 Å². The maximum atomic E-state index is 7.62. The van der Waals surface area contributed by atoms with E-state index >= 15 is 0 Å². The van der Waals surface area contributed by atoms with Crippen molar-refractivity contribution in [1.82, 2.24) is 0 Å². The van der Waals surface area contributed by atoms with Crippen molar-refractivity contribution in [2.75, 3.05) is 13.2 Å². The van der Waals surface area contributed by atoms with E-state index in [1.165, 1.54) is 0 Å². The van der Waals surface area contributed by atoms with Crippen LogP contribution in [-0.4, -0.2) is 23.4 Å².